The van der Waals surface area contributed by atoms with Gasteiger partial charge in [-0.1, -0.05) is 51.9 Å². The van der Waals surface area contributed by atoms with Gasteiger partial charge in [-0.05, 0) is 12.8 Å². The third kappa shape index (κ3) is 10.2. The van der Waals surface area contributed by atoms with E-state index in [4.69, 9.17) is 9.47 Å². The average molecular weight is 215 g/mol. The van der Waals surface area contributed by atoms with Crippen molar-refractivity contribution in [3.8, 4) is 0 Å². The lowest BCUT2D eigenvalue weighted by Crippen LogP contribution is -2.12. The summed E-state index contributed by atoms with van der Waals surface area (Å²) in [5.74, 6) is 0. The summed E-state index contributed by atoms with van der Waals surface area (Å²) in [5, 5.41) is 0. The summed E-state index contributed by atoms with van der Waals surface area (Å²) in [4.78, 5) is 0. The number of hydrogen-bond acceptors (Lipinski definition) is 2. The van der Waals surface area contributed by atoms with Crippen LogP contribution in [0.25, 0.3) is 0 Å². The molecular weight excluding hydrogens is 188 g/mol. The molecular formula is C13H27O2. The highest BCUT2D eigenvalue weighted by Crippen LogP contribution is 2.11. The molecule has 0 aliphatic rings. The van der Waals surface area contributed by atoms with E-state index in [0.29, 0.717) is 0 Å². The summed E-state index contributed by atoms with van der Waals surface area (Å²) in [6.45, 7) is 3.84. The topological polar surface area (TPSA) is 18.5 Å². The molecule has 0 aromatic carbocycles. The third-order valence-electron chi connectivity index (χ3n) is 2.72. The maximum atomic E-state index is 5.13. The van der Waals surface area contributed by atoms with Crippen LogP contribution in [0.3, 0.4) is 0 Å². The molecule has 1 radical (unpaired) electrons. The van der Waals surface area contributed by atoms with Crippen molar-refractivity contribution in [1.82, 2.24) is 0 Å². The monoisotopic (exact) mass is 215 g/mol. The lowest BCUT2D eigenvalue weighted by Gasteiger charge is -2.12. The molecule has 0 spiro atoms. The Hall–Kier alpha value is -0.0800. The van der Waals surface area contributed by atoms with Gasteiger partial charge in [-0.15, -0.1) is 0 Å². The SMILES string of the molecule is [CH2]CCCCCCCCCC(OC)OC. The lowest BCUT2D eigenvalue weighted by atomic mass is 10.1. The van der Waals surface area contributed by atoms with Gasteiger partial charge in [-0.25, -0.2) is 0 Å². The first-order valence-corrected chi connectivity index (χ1v) is 6.20. The van der Waals surface area contributed by atoms with Gasteiger partial charge in [0.1, 0.15) is 0 Å². The Morgan fingerprint density at radius 2 is 1.27 bits per heavy atom. The standard InChI is InChI=1S/C13H27O2/c1-4-5-6-7-8-9-10-11-12-13(14-2)15-3/h13H,1,4-12H2,2-3H3. The summed E-state index contributed by atoms with van der Waals surface area (Å²) >= 11 is 0. The average Bonchev–Trinajstić information content (AvgIpc) is 2.27. The van der Waals surface area contributed by atoms with Gasteiger partial charge in [0.15, 0.2) is 6.29 Å². The van der Waals surface area contributed by atoms with E-state index in [0.717, 1.165) is 12.8 Å². The Morgan fingerprint density at radius 1 is 0.800 bits per heavy atom. The van der Waals surface area contributed by atoms with Crippen LogP contribution in [0.5, 0.6) is 0 Å². The zero-order valence-electron chi connectivity index (χ0n) is 10.5. The van der Waals surface area contributed by atoms with Crippen LogP contribution in [0, 0.1) is 6.92 Å². The maximum Gasteiger partial charge on any atom is 0.156 e. The van der Waals surface area contributed by atoms with E-state index in [9.17, 15) is 0 Å². The van der Waals surface area contributed by atoms with Crippen molar-refractivity contribution >= 4 is 0 Å². The largest absolute Gasteiger partial charge is 0.356 e. The van der Waals surface area contributed by atoms with E-state index in [1.807, 2.05) is 0 Å². The van der Waals surface area contributed by atoms with Gasteiger partial charge in [0.05, 0.1) is 0 Å². The molecule has 0 aromatic rings. The van der Waals surface area contributed by atoms with Crippen molar-refractivity contribution in [2.75, 3.05) is 14.2 Å². The molecule has 0 heterocycles. The zero-order valence-corrected chi connectivity index (χ0v) is 10.5. The number of unbranched alkanes of at least 4 members (excludes halogenated alkanes) is 7. The molecule has 0 aromatic heterocycles. The predicted octanol–water partition coefficient (Wildman–Crippen LogP) is 3.95. The minimum absolute atomic E-state index is 0.00355. The molecule has 0 atom stereocenters. The molecule has 0 saturated heterocycles. The van der Waals surface area contributed by atoms with Gasteiger partial charge >= 0.3 is 0 Å². The maximum absolute atomic E-state index is 5.13. The first kappa shape index (κ1) is 14.9. The molecule has 0 N–H and O–H groups in total. The van der Waals surface area contributed by atoms with Gasteiger partial charge in [0.25, 0.3) is 0 Å². The van der Waals surface area contributed by atoms with Crippen molar-refractivity contribution < 1.29 is 9.47 Å². The second-order valence-corrected chi connectivity index (χ2v) is 4.02. The van der Waals surface area contributed by atoms with E-state index >= 15 is 0 Å². The van der Waals surface area contributed by atoms with Gasteiger partial charge in [0.2, 0.25) is 0 Å². The minimum Gasteiger partial charge on any atom is -0.356 e. The molecule has 2 nitrogen and oxygen atoms in total. The van der Waals surface area contributed by atoms with Crippen molar-refractivity contribution in [1.29, 1.82) is 0 Å². The normalized spacial score (nSPS) is 11.2. The minimum atomic E-state index is -0.00355. The van der Waals surface area contributed by atoms with E-state index in [2.05, 4.69) is 6.92 Å². The van der Waals surface area contributed by atoms with Crippen molar-refractivity contribution in [3.63, 3.8) is 0 Å². The highest BCUT2D eigenvalue weighted by atomic mass is 16.7. The molecule has 91 valence electrons. The number of rotatable bonds is 11. The van der Waals surface area contributed by atoms with E-state index in [1.165, 1.54) is 44.9 Å². The second-order valence-electron chi connectivity index (χ2n) is 4.02. The molecule has 15 heavy (non-hydrogen) atoms. The summed E-state index contributed by atoms with van der Waals surface area (Å²) in [6, 6.07) is 0. The molecule has 0 bridgehead atoms. The van der Waals surface area contributed by atoms with Crippen LogP contribution in [0.1, 0.15) is 57.8 Å². The van der Waals surface area contributed by atoms with Crippen LogP contribution in [-0.4, -0.2) is 20.5 Å². The Morgan fingerprint density at radius 3 is 1.73 bits per heavy atom. The van der Waals surface area contributed by atoms with Crippen LogP contribution in [-0.2, 0) is 9.47 Å². The highest BCUT2D eigenvalue weighted by Gasteiger charge is 2.03. The van der Waals surface area contributed by atoms with Crippen LogP contribution in [0.4, 0.5) is 0 Å². The van der Waals surface area contributed by atoms with Gasteiger partial charge in [-0.2, -0.15) is 0 Å². The van der Waals surface area contributed by atoms with E-state index < -0.39 is 0 Å². The van der Waals surface area contributed by atoms with Crippen molar-refractivity contribution in [2.45, 2.75) is 64.1 Å². The van der Waals surface area contributed by atoms with E-state index in [-0.39, 0.29) is 6.29 Å². The smallest absolute Gasteiger partial charge is 0.156 e. The van der Waals surface area contributed by atoms with Crippen molar-refractivity contribution in [3.05, 3.63) is 6.92 Å². The molecule has 0 rings (SSSR count). The van der Waals surface area contributed by atoms with Crippen LogP contribution in [0.15, 0.2) is 0 Å². The summed E-state index contributed by atoms with van der Waals surface area (Å²) in [5.41, 5.74) is 0. The molecule has 0 unspecified atom stereocenters. The predicted molar refractivity (Wildman–Crippen MR) is 64.7 cm³/mol. The Bertz CT molecular complexity index is 111. The number of ether oxygens (including phenoxy) is 2. The van der Waals surface area contributed by atoms with Gasteiger partial charge < -0.3 is 9.47 Å². The molecule has 0 aliphatic carbocycles. The molecule has 0 fully saturated rings. The summed E-state index contributed by atoms with van der Waals surface area (Å²) in [7, 11) is 3.40. The first-order chi connectivity index (χ1) is 7.35. The van der Waals surface area contributed by atoms with Crippen molar-refractivity contribution in [2.24, 2.45) is 0 Å². The fourth-order valence-corrected chi connectivity index (χ4v) is 1.70. The van der Waals surface area contributed by atoms with Gasteiger partial charge in [0, 0.05) is 14.2 Å². The van der Waals surface area contributed by atoms with Crippen LogP contribution >= 0.6 is 0 Å². The molecule has 2 heteroatoms. The van der Waals surface area contributed by atoms with E-state index in [1.54, 1.807) is 14.2 Å². The van der Waals surface area contributed by atoms with Crippen LogP contribution < -0.4 is 0 Å². The molecule has 0 aliphatic heterocycles. The Balaban J connectivity index is 3.04. The molecule has 0 amide bonds. The fraction of sp³-hybridized carbons (Fsp3) is 0.923. The summed E-state index contributed by atoms with van der Waals surface area (Å²) < 4.78 is 10.3. The molecule has 0 saturated carbocycles. The fourth-order valence-electron chi connectivity index (χ4n) is 1.70. The quantitative estimate of drug-likeness (QED) is 0.384. The zero-order chi connectivity index (χ0) is 11.4. The Labute approximate surface area is 95.3 Å². The van der Waals surface area contributed by atoms with Gasteiger partial charge in [-0.3, -0.25) is 0 Å². The second kappa shape index (κ2) is 12.0. The highest BCUT2D eigenvalue weighted by molar-refractivity contribution is 4.49. The van der Waals surface area contributed by atoms with Crippen LogP contribution in [0.2, 0.25) is 0 Å². The Kier molecular flexibility index (Phi) is 11.9. The number of methoxy groups -OCH3 is 2. The lowest BCUT2D eigenvalue weighted by molar-refractivity contribution is -0.107. The number of hydrogen-bond donors (Lipinski definition) is 0. The first-order valence-electron chi connectivity index (χ1n) is 6.20. The summed E-state index contributed by atoms with van der Waals surface area (Å²) in [6.07, 6.45) is 11.3. The third-order valence-corrected chi connectivity index (χ3v) is 2.72.